The highest BCUT2D eigenvalue weighted by Gasteiger charge is 2.36. The Kier molecular flexibility index (Phi) is 5.46. The Bertz CT molecular complexity index is 802. The Balaban J connectivity index is 1.88. The van der Waals surface area contributed by atoms with Gasteiger partial charge in [-0.25, -0.2) is 9.97 Å². The lowest BCUT2D eigenvalue weighted by atomic mass is 9.95. The van der Waals surface area contributed by atoms with Gasteiger partial charge in [0.2, 0.25) is 5.91 Å². The van der Waals surface area contributed by atoms with Crippen LogP contribution in [-0.2, 0) is 21.6 Å². The van der Waals surface area contributed by atoms with Gasteiger partial charge in [-0.3, -0.25) is 4.79 Å². The molecule has 2 heterocycles. The fourth-order valence-corrected chi connectivity index (χ4v) is 3.27. The number of anilines is 2. The zero-order chi connectivity index (χ0) is 19.6. The van der Waals surface area contributed by atoms with Crippen LogP contribution in [0.25, 0.3) is 0 Å². The van der Waals surface area contributed by atoms with E-state index in [1.54, 1.807) is 7.11 Å². The number of ether oxygens (including phenoxy) is 1. The van der Waals surface area contributed by atoms with E-state index >= 15 is 0 Å². The lowest BCUT2D eigenvalue weighted by Gasteiger charge is -2.27. The molecule has 0 bridgehead atoms. The van der Waals surface area contributed by atoms with Gasteiger partial charge in [0.25, 0.3) is 0 Å². The first-order chi connectivity index (χ1) is 12.8. The zero-order valence-electron chi connectivity index (χ0n) is 16.8. The summed E-state index contributed by atoms with van der Waals surface area (Å²) in [7, 11) is 3.59. The van der Waals surface area contributed by atoms with Gasteiger partial charge >= 0.3 is 0 Å². The minimum atomic E-state index is -0.233. The summed E-state index contributed by atoms with van der Waals surface area (Å²) in [5, 5.41) is 0. The molecule has 1 aliphatic rings. The summed E-state index contributed by atoms with van der Waals surface area (Å²) in [6.07, 6.45) is 0.763. The van der Waals surface area contributed by atoms with E-state index < -0.39 is 0 Å². The second-order valence-electron chi connectivity index (χ2n) is 7.96. The molecule has 1 aromatic carbocycles. The minimum absolute atomic E-state index is 0.105. The molecule has 3 rings (SSSR count). The van der Waals surface area contributed by atoms with E-state index in [1.165, 1.54) is 0 Å². The molecule has 0 spiro atoms. The molecule has 6 heteroatoms. The molecular weight excluding hydrogens is 340 g/mol. The number of para-hydroxylation sites is 1. The molecule has 27 heavy (non-hydrogen) atoms. The van der Waals surface area contributed by atoms with E-state index in [1.807, 2.05) is 53.2 Å². The van der Waals surface area contributed by atoms with Gasteiger partial charge in [0, 0.05) is 37.9 Å². The molecule has 0 aliphatic carbocycles. The third-order valence-corrected chi connectivity index (χ3v) is 4.80. The SMILES string of the molecule is COCc1cc(N(C)C2CCN(c3ccccc3)C2=O)nc(C(C)(C)C)n1. The van der Waals surface area contributed by atoms with E-state index in [2.05, 4.69) is 25.8 Å². The maximum absolute atomic E-state index is 13.0. The zero-order valence-corrected chi connectivity index (χ0v) is 16.8. The summed E-state index contributed by atoms with van der Waals surface area (Å²) in [6, 6.07) is 11.5. The van der Waals surface area contributed by atoms with E-state index in [-0.39, 0.29) is 17.4 Å². The van der Waals surface area contributed by atoms with Crippen molar-refractivity contribution in [3.63, 3.8) is 0 Å². The number of benzene rings is 1. The highest BCUT2D eigenvalue weighted by atomic mass is 16.5. The predicted octanol–water partition coefficient (Wildman–Crippen LogP) is 3.16. The first kappa shape index (κ1) is 19.3. The first-order valence-corrected chi connectivity index (χ1v) is 9.28. The highest BCUT2D eigenvalue weighted by molar-refractivity contribution is 6.01. The molecule has 1 unspecified atom stereocenters. The van der Waals surface area contributed by atoms with Crippen LogP contribution in [-0.4, -0.2) is 42.6 Å². The van der Waals surface area contributed by atoms with E-state index in [0.29, 0.717) is 13.2 Å². The van der Waals surface area contributed by atoms with E-state index in [0.717, 1.165) is 29.4 Å². The summed E-state index contributed by atoms with van der Waals surface area (Å²) in [5.74, 6) is 1.62. The van der Waals surface area contributed by atoms with Crippen molar-refractivity contribution in [3.05, 3.63) is 47.9 Å². The molecule has 144 valence electrons. The predicted molar refractivity (Wildman–Crippen MR) is 107 cm³/mol. The van der Waals surface area contributed by atoms with Crippen molar-refractivity contribution in [1.29, 1.82) is 0 Å². The van der Waals surface area contributed by atoms with Crippen LogP contribution in [0, 0.1) is 0 Å². The van der Waals surface area contributed by atoms with Crippen molar-refractivity contribution in [2.45, 2.75) is 45.3 Å². The molecule has 0 radical (unpaired) electrons. The Morgan fingerprint density at radius 1 is 1.22 bits per heavy atom. The topological polar surface area (TPSA) is 58.6 Å². The molecule has 1 atom stereocenters. The first-order valence-electron chi connectivity index (χ1n) is 9.28. The normalized spacial score (nSPS) is 17.4. The van der Waals surface area contributed by atoms with Crippen molar-refractivity contribution < 1.29 is 9.53 Å². The van der Waals surface area contributed by atoms with Crippen LogP contribution in [0.3, 0.4) is 0 Å². The van der Waals surface area contributed by atoms with Crippen LogP contribution < -0.4 is 9.80 Å². The summed E-state index contributed by atoms with van der Waals surface area (Å²) in [5.41, 5.74) is 1.58. The molecule has 0 N–H and O–H groups in total. The third kappa shape index (κ3) is 4.11. The average Bonchev–Trinajstić information content (AvgIpc) is 3.02. The number of hydrogen-bond acceptors (Lipinski definition) is 5. The van der Waals surface area contributed by atoms with Crippen LogP contribution in [0.2, 0.25) is 0 Å². The number of rotatable bonds is 5. The highest BCUT2D eigenvalue weighted by Crippen LogP contribution is 2.28. The smallest absolute Gasteiger partial charge is 0.249 e. The third-order valence-electron chi connectivity index (χ3n) is 4.80. The van der Waals surface area contributed by atoms with Gasteiger partial charge < -0.3 is 14.5 Å². The van der Waals surface area contributed by atoms with Gasteiger partial charge in [0.1, 0.15) is 17.7 Å². The summed E-state index contributed by atoms with van der Waals surface area (Å²) < 4.78 is 5.27. The molecular formula is C21H28N4O2. The number of carbonyl (C=O) groups is 1. The largest absolute Gasteiger partial charge is 0.378 e. The van der Waals surface area contributed by atoms with Crippen molar-refractivity contribution in [2.24, 2.45) is 0 Å². The van der Waals surface area contributed by atoms with E-state index in [9.17, 15) is 4.79 Å². The van der Waals surface area contributed by atoms with Crippen molar-refractivity contribution in [1.82, 2.24) is 9.97 Å². The number of hydrogen-bond donors (Lipinski definition) is 0. The molecule has 1 fully saturated rings. The van der Waals surface area contributed by atoms with E-state index in [4.69, 9.17) is 9.72 Å². The summed E-state index contributed by atoms with van der Waals surface area (Å²) >= 11 is 0. The van der Waals surface area contributed by atoms with Crippen LogP contribution in [0.5, 0.6) is 0 Å². The Morgan fingerprint density at radius 3 is 2.56 bits per heavy atom. The Hall–Kier alpha value is -2.47. The molecule has 1 aromatic heterocycles. The lowest BCUT2D eigenvalue weighted by Crippen LogP contribution is -2.40. The molecule has 2 aromatic rings. The van der Waals surface area contributed by atoms with Crippen molar-refractivity contribution in [2.75, 3.05) is 30.5 Å². The second kappa shape index (κ2) is 7.64. The van der Waals surface area contributed by atoms with Gasteiger partial charge in [-0.15, -0.1) is 0 Å². The molecule has 1 saturated heterocycles. The second-order valence-corrected chi connectivity index (χ2v) is 7.96. The number of nitrogens with zero attached hydrogens (tertiary/aromatic N) is 4. The van der Waals surface area contributed by atoms with Crippen LogP contribution in [0.4, 0.5) is 11.5 Å². The molecule has 1 aliphatic heterocycles. The number of amides is 1. The lowest BCUT2D eigenvalue weighted by molar-refractivity contribution is -0.118. The van der Waals surface area contributed by atoms with Gasteiger partial charge in [0.05, 0.1) is 12.3 Å². The monoisotopic (exact) mass is 368 g/mol. The quantitative estimate of drug-likeness (QED) is 0.811. The van der Waals surface area contributed by atoms with Gasteiger partial charge in [-0.2, -0.15) is 0 Å². The molecule has 1 amide bonds. The van der Waals surface area contributed by atoms with Gasteiger partial charge in [0.15, 0.2) is 0 Å². The fourth-order valence-electron chi connectivity index (χ4n) is 3.27. The minimum Gasteiger partial charge on any atom is -0.378 e. The Morgan fingerprint density at radius 2 is 1.93 bits per heavy atom. The van der Waals surface area contributed by atoms with Crippen LogP contribution in [0.1, 0.15) is 38.7 Å². The maximum Gasteiger partial charge on any atom is 0.249 e. The fraction of sp³-hybridized carbons (Fsp3) is 0.476. The maximum atomic E-state index is 13.0. The number of methoxy groups -OCH3 is 1. The Labute approximate surface area is 161 Å². The molecule has 0 saturated carbocycles. The van der Waals surface area contributed by atoms with Crippen molar-refractivity contribution in [3.8, 4) is 0 Å². The number of carbonyl (C=O) groups excluding carboxylic acids is 1. The van der Waals surface area contributed by atoms with Gasteiger partial charge in [-0.1, -0.05) is 39.0 Å². The summed E-state index contributed by atoms with van der Waals surface area (Å²) in [6.45, 7) is 7.38. The van der Waals surface area contributed by atoms with Crippen LogP contribution >= 0.6 is 0 Å². The number of aromatic nitrogens is 2. The van der Waals surface area contributed by atoms with Crippen LogP contribution in [0.15, 0.2) is 36.4 Å². The average molecular weight is 368 g/mol. The summed E-state index contributed by atoms with van der Waals surface area (Å²) in [4.78, 5) is 26.2. The van der Waals surface area contributed by atoms with Gasteiger partial charge in [-0.05, 0) is 18.6 Å². The molecule has 6 nitrogen and oxygen atoms in total. The van der Waals surface area contributed by atoms with Crippen molar-refractivity contribution >= 4 is 17.4 Å². The number of likely N-dealkylation sites (N-methyl/N-ethyl adjacent to an activating group) is 1. The standard InChI is InChI=1S/C21H28N4O2/c1-21(2,3)20-22-15(14-27-5)13-18(23-20)24(4)17-11-12-25(19(17)26)16-9-7-6-8-10-16/h6-10,13,17H,11-12,14H2,1-5H3.